The molecule has 10 heteroatoms. The average molecular weight is 497 g/mol. The van der Waals surface area contributed by atoms with E-state index in [1.807, 2.05) is 6.07 Å². The summed E-state index contributed by atoms with van der Waals surface area (Å²) < 4.78 is 38.7. The molecule has 1 spiro atoms. The highest BCUT2D eigenvalue weighted by Gasteiger charge is 2.44. The molecule has 0 radical (unpaired) electrons. The molecule has 5 heterocycles. The van der Waals surface area contributed by atoms with E-state index < -0.39 is 12.6 Å². The number of hydrogen-bond acceptors (Lipinski definition) is 6. The van der Waals surface area contributed by atoms with Crippen molar-refractivity contribution >= 4 is 38.3 Å². The minimum atomic E-state index is -4.23. The first-order valence-corrected chi connectivity index (χ1v) is 12.4. The van der Waals surface area contributed by atoms with Gasteiger partial charge in [0, 0.05) is 47.4 Å². The Bertz CT molecular complexity index is 1450. The molecule has 2 aliphatic rings. The minimum Gasteiger partial charge on any atom is -0.355 e. The highest BCUT2D eigenvalue weighted by Crippen LogP contribution is 2.43. The molecule has 1 N–H and O–H groups in total. The number of hydrogen-bond donors (Lipinski definition) is 1. The molecule has 35 heavy (non-hydrogen) atoms. The van der Waals surface area contributed by atoms with Crippen molar-refractivity contribution in [2.24, 2.45) is 5.41 Å². The van der Waals surface area contributed by atoms with Crippen LogP contribution in [-0.4, -0.2) is 52.2 Å². The summed E-state index contributed by atoms with van der Waals surface area (Å²) in [6.07, 6.45) is -1.58. The van der Waals surface area contributed by atoms with Crippen LogP contribution in [0, 0.1) is 16.7 Å². The first-order valence-electron chi connectivity index (χ1n) is 11.6. The normalized spacial score (nSPS) is 21.0. The summed E-state index contributed by atoms with van der Waals surface area (Å²) in [5, 5.41) is 10.9. The first-order chi connectivity index (χ1) is 16.8. The van der Waals surface area contributed by atoms with Gasteiger partial charge in [-0.1, -0.05) is 12.1 Å². The van der Waals surface area contributed by atoms with Crippen LogP contribution in [0.15, 0.2) is 36.7 Å². The van der Waals surface area contributed by atoms with Crippen molar-refractivity contribution in [1.82, 2.24) is 19.9 Å². The molecular weight excluding hydrogens is 473 g/mol. The molecule has 2 aliphatic heterocycles. The molecule has 6 rings (SSSR count). The minimum absolute atomic E-state index is 0.159. The van der Waals surface area contributed by atoms with Crippen LogP contribution in [0.25, 0.3) is 21.1 Å². The van der Waals surface area contributed by atoms with Crippen LogP contribution >= 0.6 is 11.3 Å². The number of nitrogens with zero attached hydrogens (tertiary/aromatic N) is 5. The molecule has 2 fully saturated rings. The van der Waals surface area contributed by atoms with E-state index in [-0.39, 0.29) is 10.3 Å². The second-order valence-corrected chi connectivity index (χ2v) is 10.9. The topological polar surface area (TPSA) is 71.8 Å². The molecule has 1 aromatic carbocycles. The van der Waals surface area contributed by atoms with Crippen molar-refractivity contribution in [2.75, 3.05) is 31.1 Å². The van der Waals surface area contributed by atoms with E-state index in [2.05, 4.69) is 49.0 Å². The van der Waals surface area contributed by atoms with Crippen molar-refractivity contribution in [1.29, 1.82) is 5.26 Å². The number of fused-ring (bicyclic) bond motifs is 2. The number of aromatic amines is 1. The van der Waals surface area contributed by atoms with E-state index >= 15 is 0 Å². The van der Waals surface area contributed by atoms with Crippen LogP contribution in [0.2, 0.25) is 0 Å². The lowest BCUT2D eigenvalue weighted by Gasteiger charge is -2.25. The maximum Gasteiger partial charge on any atom is 0.393 e. The molecule has 0 aliphatic carbocycles. The van der Waals surface area contributed by atoms with Crippen molar-refractivity contribution in [3.05, 3.63) is 52.8 Å². The molecule has 1 atom stereocenters. The van der Waals surface area contributed by atoms with E-state index in [0.717, 1.165) is 79.0 Å². The van der Waals surface area contributed by atoms with Gasteiger partial charge in [-0.2, -0.15) is 18.4 Å². The molecule has 1 unspecified atom stereocenters. The van der Waals surface area contributed by atoms with E-state index in [1.54, 1.807) is 6.07 Å². The Labute approximate surface area is 204 Å². The van der Waals surface area contributed by atoms with Crippen LogP contribution in [-0.2, 0) is 13.0 Å². The summed E-state index contributed by atoms with van der Waals surface area (Å²) in [4.78, 5) is 17.4. The second kappa shape index (κ2) is 8.21. The number of benzene rings is 1. The lowest BCUT2D eigenvalue weighted by molar-refractivity contribution is -0.126. The van der Waals surface area contributed by atoms with Crippen LogP contribution in [0.3, 0.4) is 0 Å². The number of halogens is 3. The van der Waals surface area contributed by atoms with Gasteiger partial charge in [0.1, 0.15) is 28.7 Å². The molecule has 2 saturated heterocycles. The van der Waals surface area contributed by atoms with Gasteiger partial charge in [-0.3, -0.25) is 4.90 Å². The number of aromatic nitrogens is 3. The Hall–Kier alpha value is -3.16. The fourth-order valence-electron chi connectivity index (χ4n) is 5.63. The average Bonchev–Trinajstić information content (AvgIpc) is 3.58. The number of alkyl halides is 3. The largest absolute Gasteiger partial charge is 0.393 e. The van der Waals surface area contributed by atoms with Gasteiger partial charge < -0.3 is 9.88 Å². The van der Waals surface area contributed by atoms with Gasteiger partial charge in [0.25, 0.3) is 0 Å². The van der Waals surface area contributed by atoms with Gasteiger partial charge in [0.05, 0.1) is 11.8 Å². The quantitative estimate of drug-likeness (QED) is 0.418. The molecule has 0 bridgehead atoms. The smallest absolute Gasteiger partial charge is 0.355 e. The monoisotopic (exact) mass is 496 g/mol. The third-order valence-corrected chi connectivity index (χ3v) is 8.25. The standard InChI is InChI=1S/C25H23F3N6S/c26-25(27,28)10-19-9-20-22(30-15-31-23(20)35-19)34-6-4-24(14-34)3-5-33(13-24)12-16-1-2-17-8-18(11-29)32-21(17)7-16/h1-2,7-9,15,32H,3-6,10,12-14H2. The van der Waals surface area contributed by atoms with Gasteiger partial charge >= 0.3 is 6.18 Å². The number of nitriles is 1. The fraction of sp³-hybridized carbons (Fsp3) is 0.400. The number of likely N-dealkylation sites (tertiary alicyclic amines) is 1. The summed E-state index contributed by atoms with van der Waals surface area (Å²) in [5.41, 5.74) is 2.92. The molecular formula is C25H23F3N6S. The highest BCUT2D eigenvalue weighted by molar-refractivity contribution is 7.18. The summed E-state index contributed by atoms with van der Waals surface area (Å²) >= 11 is 1.10. The first kappa shape index (κ1) is 22.3. The van der Waals surface area contributed by atoms with Crippen LogP contribution in [0.1, 0.15) is 29.0 Å². The van der Waals surface area contributed by atoms with Crippen molar-refractivity contribution < 1.29 is 13.2 Å². The summed E-state index contributed by atoms with van der Waals surface area (Å²) in [6.45, 7) is 4.53. The Morgan fingerprint density at radius 2 is 1.97 bits per heavy atom. The molecule has 4 aromatic rings. The molecule has 6 nitrogen and oxygen atoms in total. The van der Waals surface area contributed by atoms with Gasteiger partial charge in [0.2, 0.25) is 0 Å². The summed E-state index contributed by atoms with van der Waals surface area (Å²) in [5.74, 6) is 0.750. The van der Waals surface area contributed by atoms with E-state index in [4.69, 9.17) is 5.26 Å². The lowest BCUT2D eigenvalue weighted by Crippen LogP contribution is -2.31. The predicted molar refractivity (Wildman–Crippen MR) is 129 cm³/mol. The number of rotatable bonds is 4. The zero-order chi connectivity index (χ0) is 24.2. The SMILES string of the molecule is N#Cc1cc2ccc(CN3CCC4(CCN(c5ncnc6sc(CC(F)(F)F)cc56)C4)C3)cc2[nH]1. The number of H-pyrrole nitrogens is 1. The van der Waals surface area contributed by atoms with Crippen molar-refractivity contribution in [3.8, 4) is 6.07 Å². The van der Waals surface area contributed by atoms with E-state index in [1.165, 1.54) is 11.9 Å². The molecule has 3 aromatic heterocycles. The van der Waals surface area contributed by atoms with Gasteiger partial charge in [-0.05, 0) is 43.1 Å². The number of anilines is 1. The van der Waals surface area contributed by atoms with Crippen LogP contribution < -0.4 is 4.90 Å². The van der Waals surface area contributed by atoms with Crippen LogP contribution in [0.5, 0.6) is 0 Å². The lowest BCUT2D eigenvalue weighted by atomic mass is 9.86. The van der Waals surface area contributed by atoms with Crippen molar-refractivity contribution in [2.45, 2.75) is 32.0 Å². The van der Waals surface area contributed by atoms with Crippen molar-refractivity contribution in [3.63, 3.8) is 0 Å². The Morgan fingerprint density at radius 1 is 1.11 bits per heavy atom. The van der Waals surface area contributed by atoms with E-state index in [0.29, 0.717) is 10.5 Å². The Balaban J connectivity index is 1.16. The third kappa shape index (κ3) is 4.34. The van der Waals surface area contributed by atoms with E-state index in [9.17, 15) is 13.2 Å². The summed E-state index contributed by atoms with van der Waals surface area (Å²) in [7, 11) is 0. The highest BCUT2D eigenvalue weighted by atomic mass is 32.1. The summed E-state index contributed by atoms with van der Waals surface area (Å²) in [6, 6.07) is 11.9. The second-order valence-electron chi connectivity index (χ2n) is 9.77. The maximum atomic E-state index is 12.9. The Kier molecular flexibility index (Phi) is 5.23. The zero-order valence-electron chi connectivity index (χ0n) is 18.9. The molecule has 0 saturated carbocycles. The number of thiophene rings is 1. The third-order valence-electron chi connectivity index (χ3n) is 7.20. The fourth-order valence-corrected chi connectivity index (χ4v) is 6.65. The van der Waals surface area contributed by atoms with Crippen LogP contribution in [0.4, 0.5) is 19.0 Å². The van der Waals surface area contributed by atoms with Gasteiger partial charge in [-0.15, -0.1) is 11.3 Å². The maximum absolute atomic E-state index is 12.9. The van der Waals surface area contributed by atoms with Gasteiger partial charge in [-0.25, -0.2) is 9.97 Å². The molecule has 0 amide bonds. The zero-order valence-corrected chi connectivity index (χ0v) is 19.7. The predicted octanol–water partition coefficient (Wildman–Crippen LogP) is 5.25. The molecule has 180 valence electrons. The number of nitrogens with one attached hydrogen (secondary N) is 1. The van der Waals surface area contributed by atoms with Gasteiger partial charge in [0.15, 0.2) is 0 Å². The Morgan fingerprint density at radius 3 is 2.80 bits per heavy atom.